The molecule has 3 aliphatic rings. The first-order valence-electron chi connectivity index (χ1n) is 17.6. The quantitative estimate of drug-likeness (QED) is 0.276. The van der Waals surface area contributed by atoms with Crippen molar-refractivity contribution in [1.29, 1.82) is 0 Å². The van der Waals surface area contributed by atoms with Gasteiger partial charge in [0.2, 0.25) is 0 Å². The number of rotatable bonds is 11. The minimum atomic E-state index is -0.166. The molecule has 8 nitrogen and oxygen atoms in total. The minimum Gasteiger partial charge on any atom is -0.381 e. The van der Waals surface area contributed by atoms with Crippen LogP contribution in [0.4, 0.5) is 5.69 Å². The van der Waals surface area contributed by atoms with Gasteiger partial charge in [-0.1, -0.05) is 24.3 Å². The number of hydrogen-bond acceptors (Lipinski definition) is 6. The topological polar surface area (TPSA) is 86.9 Å². The Bertz CT molecular complexity index is 1580. The van der Waals surface area contributed by atoms with Gasteiger partial charge in [-0.15, -0.1) is 0 Å². The zero-order valence-corrected chi connectivity index (χ0v) is 28.7. The molecule has 47 heavy (non-hydrogen) atoms. The zero-order chi connectivity index (χ0) is 32.9. The Morgan fingerprint density at radius 1 is 0.936 bits per heavy atom. The molecule has 3 heterocycles. The van der Waals surface area contributed by atoms with Gasteiger partial charge in [0.05, 0.1) is 13.2 Å². The first-order valence-corrected chi connectivity index (χ1v) is 17.6. The molecular weight excluding hydrogens is 588 g/mol. The number of H-pyrrole nitrogens is 1. The molecule has 1 aromatic heterocycles. The number of nitrogens with zero attached hydrogens (tertiary/aromatic N) is 2. The molecule has 2 saturated heterocycles. The maximum absolute atomic E-state index is 13.8. The van der Waals surface area contributed by atoms with E-state index < -0.39 is 0 Å². The summed E-state index contributed by atoms with van der Waals surface area (Å²) in [5, 5.41) is 3.07. The van der Waals surface area contributed by atoms with Crippen LogP contribution in [0.1, 0.15) is 70.9 Å². The highest BCUT2D eigenvalue weighted by Gasteiger charge is 2.31. The van der Waals surface area contributed by atoms with E-state index in [1.807, 2.05) is 32.9 Å². The molecule has 0 bridgehead atoms. The molecule has 0 radical (unpaired) electrons. The number of carbonyl (C=O) groups is 1. The summed E-state index contributed by atoms with van der Waals surface area (Å²) < 4.78 is 11.2. The van der Waals surface area contributed by atoms with E-state index in [2.05, 4.69) is 57.4 Å². The van der Waals surface area contributed by atoms with Gasteiger partial charge >= 0.3 is 0 Å². The summed E-state index contributed by atoms with van der Waals surface area (Å²) in [6.07, 6.45) is 5.69. The van der Waals surface area contributed by atoms with Gasteiger partial charge in [0.1, 0.15) is 0 Å². The predicted molar refractivity (Wildman–Crippen MR) is 188 cm³/mol. The van der Waals surface area contributed by atoms with Gasteiger partial charge < -0.3 is 24.7 Å². The van der Waals surface area contributed by atoms with Gasteiger partial charge in [-0.05, 0) is 118 Å². The highest BCUT2D eigenvalue weighted by molar-refractivity contribution is 5.99. The first kappa shape index (κ1) is 33.4. The third-order valence-corrected chi connectivity index (χ3v) is 10.6. The van der Waals surface area contributed by atoms with Crippen molar-refractivity contribution in [3.05, 3.63) is 86.3 Å². The lowest BCUT2D eigenvalue weighted by Gasteiger charge is -2.39. The van der Waals surface area contributed by atoms with Crippen LogP contribution in [0, 0.1) is 32.6 Å². The Labute approximate surface area is 279 Å². The molecule has 6 rings (SSSR count). The molecular formula is C39H52N4O4. The van der Waals surface area contributed by atoms with E-state index in [1.54, 1.807) is 0 Å². The summed E-state index contributed by atoms with van der Waals surface area (Å²) in [4.78, 5) is 34.4. The van der Waals surface area contributed by atoms with Gasteiger partial charge in [0.25, 0.3) is 11.5 Å². The molecule has 0 atom stereocenters. The number of ether oxygens (including phenoxy) is 2. The van der Waals surface area contributed by atoms with Crippen LogP contribution in [-0.2, 0) is 22.4 Å². The number of hydrogen-bond donors (Lipinski definition) is 2. The molecule has 0 unspecified atom stereocenters. The van der Waals surface area contributed by atoms with Gasteiger partial charge in [-0.2, -0.15) is 0 Å². The molecule has 8 heteroatoms. The standard InChI is InChI=1S/C39H52N4O4/c1-5-43(34-10-14-46-15-11-34)37-23-33(22-35(28(37)4)38(44)40-24-36-26(2)18-27(3)41-39(36)45)32-8-6-29(7-9-32)19-30-20-31(21-30)25-42-12-16-47-17-13-42/h6-9,18,22-23,30-31,34H,5,10-17,19-21,24-25H2,1-4H3,(H,40,44)(H,41,45). The molecule has 252 valence electrons. The zero-order valence-electron chi connectivity index (χ0n) is 28.7. The fourth-order valence-electron chi connectivity index (χ4n) is 7.89. The van der Waals surface area contributed by atoms with Crippen molar-refractivity contribution >= 4 is 11.6 Å². The highest BCUT2D eigenvalue weighted by Crippen LogP contribution is 2.38. The second kappa shape index (κ2) is 15.2. The average molecular weight is 641 g/mol. The van der Waals surface area contributed by atoms with Gasteiger partial charge in [-0.3, -0.25) is 14.5 Å². The van der Waals surface area contributed by atoms with E-state index in [1.165, 1.54) is 24.9 Å². The van der Waals surface area contributed by atoms with Gasteiger partial charge in [-0.25, -0.2) is 0 Å². The molecule has 2 N–H and O–H groups in total. The van der Waals surface area contributed by atoms with Crippen molar-refractivity contribution < 1.29 is 14.3 Å². The van der Waals surface area contributed by atoms with Crippen molar-refractivity contribution in [3.63, 3.8) is 0 Å². The van der Waals surface area contributed by atoms with Gasteiger partial charge in [0.15, 0.2) is 0 Å². The van der Waals surface area contributed by atoms with Crippen LogP contribution >= 0.6 is 0 Å². The van der Waals surface area contributed by atoms with E-state index in [0.29, 0.717) is 17.2 Å². The lowest BCUT2D eigenvalue weighted by molar-refractivity contribution is 0.0168. The molecule has 0 spiro atoms. The number of aryl methyl sites for hydroxylation is 2. The number of amides is 1. The molecule has 2 aliphatic heterocycles. The Morgan fingerprint density at radius 3 is 2.32 bits per heavy atom. The van der Waals surface area contributed by atoms with Crippen molar-refractivity contribution in [3.8, 4) is 11.1 Å². The average Bonchev–Trinajstić information content (AvgIpc) is 3.05. The van der Waals surface area contributed by atoms with E-state index in [4.69, 9.17) is 9.47 Å². The maximum Gasteiger partial charge on any atom is 0.253 e. The molecule has 1 aliphatic carbocycles. The maximum atomic E-state index is 13.8. The van der Waals surface area contributed by atoms with Crippen LogP contribution in [0.15, 0.2) is 47.3 Å². The molecule has 1 amide bonds. The molecule has 3 aromatic rings. The van der Waals surface area contributed by atoms with E-state index in [0.717, 1.165) is 111 Å². The Balaban J connectivity index is 1.21. The van der Waals surface area contributed by atoms with Crippen molar-refractivity contribution in [2.75, 3.05) is 57.5 Å². The number of morpholine rings is 1. The van der Waals surface area contributed by atoms with E-state index in [9.17, 15) is 9.59 Å². The summed E-state index contributed by atoms with van der Waals surface area (Å²) in [5.41, 5.74) is 8.35. The Hall–Kier alpha value is -3.46. The molecule has 1 saturated carbocycles. The number of aromatic amines is 1. The van der Waals surface area contributed by atoms with E-state index >= 15 is 0 Å². The van der Waals surface area contributed by atoms with Gasteiger partial charge in [0, 0.05) is 74.5 Å². The SMILES string of the molecule is CCN(c1cc(-c2ccc(CC3CC(CN4CCOCC4)C3)cc2)cc(C(=O)NCc2c(C)cc(C)[nH]c2=O)c1C)C1CCOCC1. The summed E-state index contributed by atoms with van der Waals surface area (Å²) >= 11 is 0. The number of anilines is 1. The third-order valence-electron chi connectivity index (χ3n) is 10.6. The third kappa shape index (κ3) is 7.99. The van der Waals surface area contributed by atoms with Crippen LogP contribution in [0.5, 0.6) is 0 Å². The number of carbonyl (C=O) groups excluding carboxylic acids is 1. The van der Waals surface area contributed by atoms with Crippen molar-refractivity contribution in [2.24, 2.45) is 11.8 Å². The summed E-state index contributed by atoms with van der Waals surface area (Å²) in [6, 6.07) is 15.6. The van der Waals surface area contributed by atoms with Crippen LogP contribution in [0.25, 0.3) is 11.1 Å². The number of nitrogens with one attached hydrogen (secondary N) is 2. The summed E-state index contributed by atoms with van der Waals surface area (Å²) in [7, 11) is 0. The summed E-state index contributed by atoms with van der Waals surface area (Å²) in [6.45, 7) is 15.7. The van der Waals surface area contributed by atoms with Crippen molar-refractivity contribution in [2.45, 2.75) is 72.4 Å². The predicted octanol–water partition coefficient (Wildman–Crippen LogP) is 5.80. The highest BCUT2D eigenvalue weighted by atomic mass is 16.5. The number of aromatic nitrogens is 1. The normalized spacial score (nSPS) is 20.5. The Morgan fingerprint density at radius 2 is 1.64 bits per heavy atom. The Kier molecular flexibility index (Phi) is 10.8. The van der Waals surface area contributed by atoms with Crippen LogP contribution in [0.3, 0.4) is 0 Å². The smallest absolute Gasteiger partial charge is 0.253 e. The largest absolute Gasteiger partial charge is 0.381 e. The molecule has 2 aromatic carbocycles. The van der Waals surface area contributed by atoms with Crippen LogP contribution < -0.4 is 15.8 Å². The first-order chi connectivity index (χ1) is 22.8. The van der Waals surface area contributed by atoms with Crippen LogP contribution in [-0.4, -0.2) is 74.4 Å². The van der Waals surface area contributed by atoms with Crippen LogP contribution in [0.2, 0.25) is 0 Å². The minimum absolute atomic E-state index is 0.153. The fraction of sp³-hybridized carbons (Fsp3) is 0.538. The monoisotopic (exact) mass is 640 g/mol. The lowest BCUT2D eigenvalue weighted by atomic mass is 9.72. The number of benzene rings is 2. The lowest BCUT2D eigenvalue weighted by Crippen LogP contribution is -2.42. The molecule has 3 fully saturated rings. The fourth-order valence-corrected chi connectivity index (χ4v) is 7.89. The van der Waals surface area contributed by atoms with E-state index in [-0.39, 0.29) is 18.0 Å². The number of pyridine rings is 1. The van der Waals surface area contributed by atoms with Crippen molar-refractivity contribution in [1.82, 2.24) is 15.2 Å². The second-order valence-corrected chi connectivity index (χ2v) is 13.9. The summed E-state index contributed by atoms with van der Waals surface area (Å²) in [5.74, 6) is 1.41. The second-order valence-electron chi connectivity index (χ2n) is 13.9.